The van der Waals surface area contributed by atoms with E-state index in [1.807, 2.05) is 6.07 Å². The second-order valence-electron chi connectivity index (χ2n) is 4.27. The van der Waals surface area contributed by atoms with Gasteiger partial charge >= 0.3 is 0 Å². The first-order valence-corrected chi connectivity index (χ1v) is 5.43. The van der Waals surface area contributed by atoms with Crippen molar-refractivity contribution < 1.29 is 9.18 Å². The number of aryl methyl sites for hydroxylation is 1. The molecule has 1 N–H and O–H groups in total. The molecule has 4 heteroatoms. The molecule has 0 aromatic heterocycles. The van der Waals surface area contributed by atoms with Crippen LogP contribution in [0.2, 0.25) is 0 Å². The topological polar surface area (TPSA) is 52.9 Å². The van der Waals surface area contributed by atoms with Crippen molar-refractivity contribution in [1.29, 1.82) is 5.26 Å². The summed E-state index contributed by atoms with van der Waals surface area (Å²) >= 11 is 0. The zero-order chi connectivity index (χ0) is 13.0. The van der Waals surface area contributed by atoms with Crippen molar-refractivity contribution in [3.05, 3.63) is 29.6 Å². The molecule has 0 aliphatic carbocycles. The lowest BCUT2D eigenvalue weighted by Crippen LogP contribution is -2.26. The number of amides is 1. The highest BCUT2D eigenvalue weighted by Gasteiger charge is 2.22. The number of para-hydroxylation sites is 1. The van der Waals surface area contributed by atoms with Crippen LogP contribution in [0.5, 0.6) is 0 Å². The number of nitrogens with one attached hydrogen (secondary N) is 1. The van der Waals surface area contributed by atoms with Gasteiger partial charge in [0.2, 0.25) is 5.91 Å². The molecule has 90 valence electrons. The van der Waals surface area contributed by atoms with Crippen molar-refractivity contribution in [1.82, 2.24) is 0 Å². The van der Waals surface area contributed by atoms with Gasteiger partial charge in [-0.1, -0.05) is 26.0 Å². The number of rotatable bonds is 3. The van der Waals surface area contributed by atoms with E-state index in [4.69, 9.17) is 5.26 Å². The average molecular weight is 234 g/mol. The number of nitrogens with zero attached hydrogens (tertiary/aromatic N) is 1. The van der Waals surface area contributed by atoms with E-state index in [0.29, 0.717) is 5.56 Å². The Balaban J connectivity index is 2.92. The third-order valence-electron chi connectivity index (χ3n) is 2.56. The molecule has 1 aromatic rings. The van der Waals surface area contributed by atoms with Gasteiger partial charge in [0.25, 0.3) is 0 Å². The molecule has 0 heterocycles. The number of hydrogen-bond acceptors (Lipinski definition) is 2. The highest BCUT2D eigenvalue weighted by Crippen LogP contribution is 2.20. The van der Waals surface area contributed by atoms with Gasteiger partial charge in [0, 0.05) is 0 Å². The fourth-order valence-electron chi connectivity index (χ4n) is 1.50. The van der Waals surface area contributed by atoms with E-state index < -0.39 is 17.6 Å². The zero-order valence-corrected chi connectivity index (χ0v) is 10.1. The molecule has 0 bridgehead atoms. The Hall–Kier alpha value is -1.89. The summed E-state index contributed by atoms with van der Waals surface area (Å²) in [6.07, 6.45) is 0. The minimum absolute atomic E-state index is 0.105. The first-order valence-electron chi connectivity index (χ1n) is 5.43. The van der Waals surface area contributed by atoms with Crippen LogP contribution < -0.4 is 5.32 Å². The molecule has 1 aromatic carbocycles. The molecule has 0 aliphatic heterocycles. The molecule has 1 atom stereocenters. The maximum atomic E-state index is 13.5. The molecule has 0 saturated heterocycles. The average Bonchev–Trinajstić information content (AvgIpc) is 2.24. The number of carbonyl (C=O) groups is 1. The van der Waals surface area contributed by atoms with Crippen molar-refractivity contribution in [3.63, 3.8) is 0 Å². The molecule has 17 heavy (non-hydrogen) atoms. The normalized spacial score (nSPS) is 12.0. The van der Waals surface area contributed by atoms with Crippen molar-refractivity contribution in [2.45, 2.75) is 20.8 Å². The summed E-state index contributed by atoms with van der Waals surface area (Å²) in [6.45, 7) is 5.26. The number of nitriles is 1. The van der Waals surface area contributed by atoms with Crippen LogP contribution in [-0.4, -0.2) is 5.91 Å². The van der Waals surface area contributed by atoms with Gasteiger partial charge in [-0.15, -0.1) is 0 Å². The molecule has 0 radical (unpaired) electrons. The highest BCUT2D eigenvalue weighted by molar-refractivity contribution is 5.95. The van der Waals surface area contributed by atoms with Crippen molar-refractivity contribution in [3.8, 4) is 6.07 Å². The van der Waals surface area contributed by atoms with Gasteiger partial charge in [-0.25, -0.2) is 4.39 Å². The smallest absolute Gasteiger partial charge is 0.242 e. The van der Waals surface area contributed by atoms with Crippen LogP contribution in [0.25, 0.3) is 0 Å². The van der Waals surface area contributed by atoms with Crippen LogP contribution in [0.3, 0.4) is 0 Å². The largest absolute Gasteiger partial charge is 0.322 e. The predicted octanol–water partition coefficient (Wildman–Crippen LogP) is 2.87. The van der Waals surface area contributed by atoms with Crippen LogP contribution in [0.1, 0.15) is 19.4 Å². The molecule has 0 aliphatic rings. The van der Waals surface area contributed by atoms with E-state index in [-0.39, 0.29) is 11.6 Å². The van der Waals surface area contributed by atoms with E-state index in [1.165, 1.54) is 6.07 Å². The fourth-order valence-corrected chi connectivity index (χ4v) is 1.50. The SMILES string of the molecule is Cc1cccc(F)c1NC(=O)C(C#N)C(C)C. The minimum atomic E-state index is -0.769. The third kappa shape index (κ3) is 3.04. The quantitative estimate of drug-likeness (QED) is 0.874. The standard InChI is InChI=1S/C13H15FN2O/c1-8(2)10(7-15)13(17)16-12-9(3)5-4-6-11(12)14/h4-6,8,10H,1-3H3,(H,16,17). The van der Waals surface area contributed by atoms with E-state index >= 15 is 0 Å². The van der Waals surface area contributed by atoms with Crippen LogP contribution in [0.15, 0.2) is 18.2 Å². The zero-order valence-electron chi connectivity index (χ0n) is 10.1. The number of carbonyl (C=O) groups excluding carboxylic acids is 1. The Morgan fingerprint density at radius 3 is 2.59 bits per heavy atom. The summed E-state index contributed by atoms with van der Waals surface area (Å²) in [6, 6.07) is 6.48. The van der Waals surface area contributed by atoms with Gasteiger partial charge in [0.05, 0.1) is 11.8 Å². The maximum Gasteiger partial charge on any atom is 0.242 e. The summed E-state index contributed by atoms with van der Waals surface area (Å²) in [4.78, 5) is 11.8. The van der Waals surface area contributed by atoms with Crippen LogP contribution in [-0.2, 0) is 4.79 Å². The van der Waals surface area contributed by atoms with Crippen molar-refractivity contribution in [2.24, 2.45) is 11.8 Å². The Morgan fingerprint density at radius 1 is 1.47 bits per heavy atom. The molecule has 1 unspecified atom stereocenters. The van der Waals surface area contributed by atoms with E-state index in [1.54, 1.807) is 32.9 Å². The summed E-state index contributed by atoms with van der Waals surface area (Å²) in [5.41, 5.74) is 0.789. The van der Waals surface area contributed by atoms with Gasteiger partial charge in [-0.2, -0.15) is 5.26 Å². The minimum Gasteiger partial charge on any atom is -0.322 e. The van der Waals surface area contributed by atoms with E-state index in [0.717, 1.165) is 0 Å². The Kier molecular flexibility index (Phi) is 4.22. The summed E-state index contributed by atoms with van der Waals surface area (Å²) < 4.78 is 13.5. The van der Waals surface area contributed by atoms with Crippen molar-refractivity contribution in [2.75, 3.05) is 5.32 Å². The first kappa shape index (κ1) is 13.2. The molecular formula is C13H15FN2O. The summed E-state index contributed by atoms with van der Waals surface area (Å²) in [7, 11) is 0. The molecule has 0 spiro atoms. The molecule has 1 rings (SSSR count). The third-order valence-corrected chi connectivity index (χ3v) is 2.56. The number of hydrogen-bond donors (Lipinski definition) is 1. The Morgan fingerprint density at radius 2 is 2.12 bits per heavy atom. The predicted molar refractivity (Wildman–Crippen MR) is 63.7 cm³/mol. The second-order valence-corrected chi connectivity index (χ2v) is 4.27. The Bertz CT molecular complexity index is 443. The first-order chi connectivity index (χ1) is 7.97. The number of benzene rings is 1. The van der Waals surface area contributed by atoms with Crippen LogP contribution >= 0.6 is 0 Å². The summed E-state index contributed by atoms with van der Waals surface area (Å²) in [5, 5.41) is 11.4. The van der Waals surface area contributed by atoms with E-state index in [9.17, 15) is 9.18 Å². The molecule has 0 fully saturated rings. The Labute approximate surface area is 100 Å². The van der Waals surface area contributed by atoms with Gasteiger partial charge < -0.3 is 5.32 Å². The van der Waals surface area contributed by atoms with Crippen LogP contribution in [0, 0.1) is 35.9 Å². The monoisotopic (exact) mass is 234 g/mol. The maximum absolute atomic E-state index is 13.5. The fraction of sp³-hybridized carbons (Fsp3) is 0.385. The van der Waals surface area contributed by atoms with Crippen molar-refractivity contribution >= 4 is 11.6 Å². The second kappa shape index (κ2) is 5.44. The van der Waals surface area contributed by atoms with Crippen LogP contribution in [0.4, 0.5) is 10.1 Å². The van der Waals surface area contributed by atoms with Gasteiger partial charge in [-0.05, 0) is 24.5 Å². The van der Waals surface area contributed by atoms with Gasteiger partial charge in [0.1, 0.15) is 11.7 Å². The molecule has 3 nitrogen and oxygen atoms in total. The lowest BCUT2D eigenvalue weighted by Gasteiger charge is -2.14. The van der Waals surface area contributed by atoms with E-state index in [2.05, 4.69) is 5.32 Å². The molecule has 1 amide bonds. The molecular weight excluding hydrogens is 219 g/mol. The number of anilines is 1. The van der Waals surface area contributed by atoms with Gasteiger partial charge in [0.15, 0.2) is 0 Å². The summed E-state index contributed by atoms with van der Waals surface area (Å²) in [5.74, 6) is -1.82. The lowest BCUT2D eigenvalue weighted by atomic mass is 9.96. The number of halogens is 1. The molecule has 0 saturated carbocycles. The lowest BCUT2D eigenvalue weighted by molar-refractivity contribution is -0.119. The van der Waals surface area contributed by atoms with Gasteiger partial charge in [-0.3, -0.25) is 4.79 Å². The highest BCUT2D eigenvalue weighted by atomic mass is 19.1.